The van der Waals surface area contributed by atoms with Crippen LogP contribution in [0, 0.1) is 11.6 Å². The monoisotopic (exact) mass is 1080 g/mol. The molecule has 4 aliphatic heterocycles. The second-order valence-electron chi connectivity index (χ2n) is 20.6. The maximum Gasteiger partial charge on any atom is 0.232 e. The number of rotatable bonds is 16. The van der Waals surface area contributed by atoms with Crippen molar-refractivity contribution in [2.45, 2.75) is 31.8 Å². The normalized spacial score (nSPS) is 17.1. The van der Waals surface area contributed by atoms with E-state index in [-0.39, 0.29) is 23.6 Å². The fourth-order valence-corrected chi connectivity index (χ4v) is 10.5. The predicted octanol–water partition coefficient (Wildman–Crippen LogP) is 6.79. The summed E-state index contributed by atoms with van der Waals surface area (Å²) < 4.78 is 36.5. The Morgan fingerprint density at radius 2 is 1.19 bits per heavy atom. The quantitative estimate of drug-likeness (QED) is 0.0915. The molecule has 0 aliphatic carbocycles. The largest absolute Gasteiger partial charge is 0.489 e. The highest BCUT2D eigenvalue weighted by molar-refractivity contribution is 5.66. The smallest absolute Gasteiger partial charge is 0.232 e. The van der Waals surface area contributed by atoms with Crippen LogP contribution in [-0.4, -0.2) is 160 Å². The molecule has 410 valence electrons. The summed E-state index contributed by atoms with van der Waals surface area (Å²) in [7, 11) is 2.09. The molecule has 12 rings (SSSR count). The molecule has 3 N–H and O–H groups in total. The molecule has 4 aromatic carbocycles. The number of hydrogen-bond donors (Lipinski definition) is 3. The molecule has 1 unspecified atom stereocenters. The van der Waals surface area contributed by atoms with Crippen molar-refractivity contribution in [3.8, 4) is 17.0 Å². The number of hydrogen-bond acceptors (Lipinski definition) is 20. The van der Waals surface area contributed by atoms with Crippen LogP contribution in [0.3, 0.4) is 0 Å². The van der Waals surface area contributed by atoms with Crippen LogP contribution in [0.5, 0.6) is 5.75 Å². The molecular formula is C58H63F2N19O. The third-order valence-corrected chi connectivity index (χ3v) is 15.0. The van der Waals surface area contributed by atoms with Crippen molar-refractivity contribution in [1.29, 1.82) is 0 Å². The van der Waals surface area contributed by atoms with E-state index < -0.39 is 5.82 Å². The molecule has 20 nitrogen and oxygen atoms in total. The van der Waals surface area contributed by atoms with E-state index in [0.29, 0.717) is 112 Å². The molecule has 1 atom stereocenters. The van der Waals surface area contributed by atoms with Gasteiger partial charge in [0.2, 0.25) is 35.7 Å². The number of nitrogens with one attached hydrogen (secondary N) is 3. The summed E-state index contributed by atoms with van der Waals surface area (Å²) in [5.74, 6) is 2.76. The fourth-order valence-electron chi connectivity index (χ4n) is 10.5. The Balaban J connectivity index is 0.666. The maximum atomic E-state index is 15.3. The minimum Gasteiger partial charge on any atom is -0.489 e. The minimum absolute atomic E-state index is 0.0278. The van der Waals surface area contributed by atoms with Crippen molar-refractivity contribution in [3.63, 3.8) is 0 Å². The number of ether oxygens (including phenoxy) is 1. The Morgan fingerprint density at radius 1 is 0.550 bits per heavy atom. The summed E-state index contributed by atoms with van der Waals surface area (Å²) in [5.41, 5.74) is 7.64. The van der Waals surface area contributed by atoms with Crippen LogP contribution in [0.25, 0.3) is 11.3 Å². The van der Waals surface area contributed by atoms with Crippen LogP contribution >= 0.6 is 0 Å². The number of likely N-dealkylation sites (N-methyl/N-ethyl adjacent to an activating group) is 1. The number of halogens is 2. The highest BCUT2D eigenvalue weighted by Gasteiger charge is 2.26. The van der Waals surface area contributed by atoms with Crippen molar-refractivity contribution in [2.24, 2.45) is 0 Å². The van der Waals surface area contributed by atoms with Gasteiger partial charge in [0.1, 0.15) is 36.1 Å². The number of anilines is 9. The van der Waals surface area contributed by atoms with Crippen molar-refractivity contribution < 1.29 is 13.5 Å². The number of nitrogens with zero attached hydrogens (tertiary/aromatic N) is 16. The van der Waals surface area contributed by atoms with Crippen molar-refractivity contribution in [3.05, 3.63) is 156 Å². The van der Waals surface area contributed by atoms with Crippen LogP contribution < -0.4 is 45.2 Å². The fraction of sp³-hybridized carbons (Fsp3) is 0.345. The van der Waals surface area contributed by atoms with Gasteiger partial charge < -0.3 is 50.1 Å². The van der Waals surface area contributed by atoms with Gasteiger partial charge in [-0.25, -0.2) is 48.7 Å². The topological polar surface area (TPSA) is 194 Å². The zero-order chi connectivity index (χ0) is 54.2. The van der Waals surface area contributed by atoms with Gasteiger partial charge >= 0.3 is 0 Å². The Bertz CT molecular complexity index is 3370. The minimum atomic E-state index is -0.447. The average Bonchev–Trinajstić information content (AvgIpc) is 3.50. The van der Waals surface area contributed by atoms with Gasteiger partial charge in [-0.15, -0.1) is 0 Å². The molecule has 8 aromatic rings. The van der Waals surface area contributed by atoms with Gasteiger partial charge in [0.15, 0.2) is 0 Å². The van der Waals surface area contributed by atoms with Gasteiger partial charge in [-0.05, 0) is 79.5 Å². The Labute approximate surface area is 463 Å². The lowest BCUT2D eigenvalue weighted by molar-refractivity contribution is 0.166. The van der Waals surface area contributed by atoms with Crippen LogP contribution in [0.1, 0.15) is 35.1 Å². The van der Waals surface area contributed by atoms with E-state index in [1.165, 1.54) is 30.4 Å². The van der Waals surface area contributed by atoms with Crippen LogP contribution in [0.15, 0.2) is 122 Å². The van der Waals surface area contributed by atoms with E-state index in [1.54, 1.807) is 12.1 Å². The highest BCUT2D eigenvalue weighted by atomic mass is 19.1. The van der Waals surface area contributed by atoms with E-state index in [4.69, 9.17) is 29.7 Å². The summed E-state index contributed by atoms with van der Waals surface area (Å²) in [6.45, 7) is 10.3. The van der Waals surface area contributed by atoms with E-state index in [0.717, 1.165) is 80.1 Å². The zero-order valence-corrected chi connectivity index (χ0v) is 44.7. The molecule has 4 aromatic heterocycles. The number of aromatic nitrogens is 10. The first-order valence-corrected chi connectivity index (χ1v) is 27.4. The molecular weight excluding hydrogens is 1020 g/mol. The molecule has 4 aliphatic rings. The molecule has 0 spiro atoms. The number of piperazine rings is 3. The Morgan fingerprint density at radius 3 is 1.85 bits per heavy atom. The van der Waals surface area contributed by atoms with Gasteiger partial charge in [0, 0.05) is 139 Å². The van der Waals surface area contributed by atoms with Gasteiger partial charge in [0.25, 0.3) is 0 Å². The summed E-state index contributed by atoms with van der Waals surface area (Å²) in [6.07, 6.45) is 12.0. The highest BCUT2D eigenvalue weighted by Crippen LogP contribution is 2.30. The van der Waals surface area contributed by atoms with E-state index in [9.17, 15) is 0 Å². The van der Waals surface area contributed by atoms with Crippen molar-refractivity contribution in [1.82, 2.24) is 60.1 Å². The zero-order valence-electron chi connectivity index (χ0n) is 44.7. The lowest BCUT2D eigenvalue weighted by atomic mass is 9.98. The summed E-state index contributed by atoms with van der Waals surface area (Å²) >= 11 is 0. The first-order valence-electron chi connectivity index (χ1n) is 27.4. The van der Waals surface area contributed by atoms with Gasteiger partial charge in [-0.3, -0.25) is 0 Å². The molecule has 0 saturated carbocycles. The number of benzene rings is 4. The molecule has 0 amide bonds. The Kier molecular flexibility index (Phi) is 15.6. The molecule has 0 radical (unpaired) electrons. The van der Waals surface area contributed by atoms with Crippen LogP contribution in [0.2, 0.25) is 0 Å². The standard InChI is InChI=1S/C58H63F2N19O/c1-74-17-19-75(20-18-74)51-15-12-45(32-49(51)60)69-53-65-38-67-57(72-53)79-27-25-77(26-28-79)56-64-36-44(30-40-7-3-2-4-8-40)52(71-56)43-10-5-9-41(31-43)29-42-34-62-55(63-35-42)76-21-23-78(24-22-76)58-68-39-66-54(73-58)70-50-14-13-46(33-48(50)59)80-47-11-6-16-61-37-47/h2-5,7-10,12-15,31-36,38-39,47,61H,6,11,16-30,37H2,1H3,(H,65,67,69,72)(H,66,68,70,73). The first-order chi connectivity index (χ1) is 39.3. The second-order valence-corrected chi connectivity index (χ2v) is 20.6. The van der Waals surface area contributed by atoms with E-state index in [1.807, 2.05) is 36.8 Å². The Hall–Kier alpha value is -8.76. The van der Waals surface area contributed by atoms with Crippen molar-refractivity contribution in [2.75, 3.05) is 134 Å². The molecule has 8 heterocycles. The molecule has 4 saturated heterocycles. The summed E-state index contributed by atoms with van der Waals surface area (Å²) in [4.78, 5) is 59.6. The third-order valence-electron chi connectivity index (χ3n) is 15.0. The van der Waals surface area contributed by atoms with Crippen LogP contribution in [0.4, 0.5) is 61.5 Å². The van der Waals surface area contributed by atoms with Gasteiger partial charge in [-0.1, -0.05) is 48.5 Å². The third kappa shape index (κ3) is 12.6. The lowest BCUT2D eigenvalue weighted by Gasteiger charge is -2.35. The van der Waals surface area contributed by atoms with E-state index >= 15 is 8.78 Å². The van der Waals surface area contributed by atoms with Crippen molar-refractivity contribution >= 4 is 52.8 Å². The lowest BCUT2D eigenvalue weighted by Crippen LogP contribution is -2.47. The molecule has 0 bridgehead atoms. The van der Waals surface area contributed by atoms with E-state index in [2.05, 4.69) is 126 Å². The second kappa shape index (κ2) is 24.1. The van der Waals surface area contributed by atoms with Gasteiger partial charge in [0.05, 0.1) is 17.1 Å². The molecule has 80 heavy (non-hydrogen) atoms. The number of piperidine rings is 1. The average molecular weight is 1080 g/mol. The van der Waals surface area contributed by atoms with Gasteiger partial charge in [-0.2, -0.15) is 9.97 Å². The molecule has 4 fully saturated rings. The summed E-state index contributed by atoms with van der Waals surface area (Å²) in [5, 5.41) is 9.51. The SMILES string of the molecule is CN1CCN(c2ccc(Nc3ncnc(N4CCN(c5ncc(Cc6ccccc6)c(-c6cccc(Cc7cnc(N8CCN(c9ncnc(Nc%10ccc(OC%11CCCNC%11)cc%10F)n9)CC8)nc7)c6)n5)CC4)n3)cc2F)CC1. The maximum absolute atomic E-state index is 15.3. The predicted molar refractivity (Wildman–Crippen MR) is 306 cm³/mol. The molecule has 22 heteroatoms. The first kappa shape index (κ1) is 52.0. The summed E-state index contributed by atoms with van der Waals surface area (Å²) in [6, 6.07) is 28.9. The van der Waals surface area contributed by atoms with Crippen LogP contribution in [-0.2, 0) is 12.8 Å².